The molecule has 23 heavy (non-hydrogen) atoms. The molecule has 0 aliphatic heterocycles. The minimum absolute atomic E-state index is 0.122. The Morgan fingerprint density at radius 1 is 1.17 bits per heavy atom. The molecular formula is C20H28O3. The zero-order valence-corrected chi connectivity index (χ0v) is 14.3. The summed E-state index contributed by atoms with van der Waals surface area (Å²) < 4.78 is 0. The Morgan fingerprint density at radius 3 is 2.70 bits per heavy atom. The third-order valence-corrected chi connectivity index (χ3v) is 8.00. The van der Waals surface area contributed by atoms with Gasteiger partial charge in [-0.3, -0.25) is 9.59 Å². The quantitative estimate of drug-likeness (QED) is 0.807. The second kappa shape index (κ2) is 5.02. The molecule has 0 spiro atoms. The van der Waals surface area contributed by atoms with E-state index in [2.05, 4.69) is 13.8 Å². The zero-order valence-electron chi connectivity index (χ0n) is 14.3. The van der Waals surface area contributed by atoms with Crippen LogP contribution in [0.25, 0.3) is 0 Å². The van der Waals surface area contributed by atoms with Crippen molar-refractivity contribution in [3.8, 4) is 0 Å². The lowest BCUT2D eigenvalue weighted by Crippen LogP contribution is -2.54. The van der Waals surface area contributed by atoms with Crippen molar-refractivity contribution in [3.05, 3.63) is 11.6 Å². The van der Waals surface area contributed by atoms with Gasteiger partial charge in [-0.05, 0) is 61.9 Å². The molecule has 4 aliphatic carbocycles. The van der Waals surface area contributed by atoms with E-state index in [1.807, 2.05) is 6.08 Å². The molecule has 126 valence electrons. The lowest BCUT2D eigenvalue weighted by Gasteiger charge is -2.59. The van der Waals surface area contributed by atoms with Crippen LogP contribution >= 0.6 is 0 Å². The van der Waals surface area contributed by atoms with Gasteiger partial charge in [0, 0.05) is 23.7 Å². The van der Waals surface area contributed by atoms with Crippen molar-refractivity contribution in [2.24, 2.45) is 34.5 Å². The molecule has 1 N–H and O–H groups in total. The summed E-state index contributed by atoms with van der Waals surface area (Å²) in [5.74, 6) is 2.52. The van der Waals surface area contributed by atoms with Crippen LogP contribution in [0.2, 0.25) is 0 Å². The van der Waals surface area contributed by atoms with Crippen LogP contribution in [-0.2, 0) is 9.59 Å². The van der Waals surface area contributed by atoms with Gasteiger partial charge in [0.25, 0.3) is 0 Å². The van der Waals surface area contributed by atoms with E-state index in [9.17, 15) is 14.7 Å². The number of hydrogen-bond donors (Lipinski definition) is 1. The number of hydrogen-bond acceptors (Lipinski definition) is 3. The normalized spacial score (nSPS) is 49.3. The molecule has 3 heteroatoms. The van der Waals surface area contributed by atoms with E-state index in [4.69, 9.17) is 0 Å². The highest BCUT2D eigenvalue weighted by Crippen LogP contribution is 2.65. The number of fused-ring (bicyclic) bond motifs is 5. The largest absolute Gasteiger partial charge is 0.395 e. The second-order valence-corrected chi connectivity index (χ2v) is 8.81. The maximum absolute atomic E-state index is 12.5. The fourth-order valence-electron chi connectivity index (χ4n) is 6.81. The molecule has 0 aromatic rings. The van der Waals surface area contributed by atoms with Gasteiger partial charge in [0.15, 0.2) is 5.78 Å². The highest BCUT2D eigenvalue weighted by molar-refractivity contribution is 5.92. The van der Waals surface area contributed by atoms with Gasteiger partial charge in [0.1, 0.15) is 5.78 Å². The van der Waals surface area contributed by atoms with E-state index in [1.165, 1.54) is 5.57 Å². The van der Waals surface area contributed by atoms with Gasteiger partial charge in [0.2, 0.25) is 0 Å². The molecular weight excluding hydrogens is 288 g/mol. The molecule has 0 aromatic heterocycles. The van der Waals surface area contributed by atoms with Gasteiger partial charge in [-0.15, -0.1) is 0 Å². The number of rotatable bonds is 1. The van der Waals surface area contributed by atoms with Gasteiger partial charge in [0.05, 0.1) is 6.61 Å². The van der Waals surface area contributed by atoms with Gasteiger partial charge >= 0.3 is 0 Å². The van der Waals surface area contributed by atoms with E-state index in [1.54, 1.807) is 0 Å². The lowest BCUT2D eigenvalue weighted by atomic mass is 9.45. The van der Waals surface area contributed by atoms with E-state index < -0.39 is 0 Å². The van der Waals surface area contributed by atoms with Gasteiger partial charge in [-0.25, -0.2) is 0 Å². The van der Waals surface area contributed by atoms with Crippen molar-refractivity contribution in [2.45, 2.75) is 58.8 Å². The Morgan fingerprint density at radius 2 is 1.96 bits per heavy atom. The van der Waals surface area contributed by atoms with Crippen LogP contribution in [0.5, 0.6) is 0 Å². The highest BCUT2D eigenvalue weighted by atomic mass is 16.3. The summed E-state index contributed by atoms with van der Waals surface area (Å²) in [4.78, 5) is 24.4. The lowest BCUT2D eigenvalue weighted by molar-refractivity contribution is -0.135. The third kappa shape index (κ3) is 1.92. The SMILES string of the molecule is C[C@H]1CC2C(CC[C@]3(C)C(=O)CCC23)[C@@]2(CO)CCC(=O)C=C12. The monoisotopic (exact) mass is 316 g/mol. The van der Waals surface area contributed by atoms with Crippen molar-refractivity contribution in [2.75, 3.05) is 6.61 Å². The summed E-state index contributed by atoms with van der Waals surface area (Å²) in [5, 5.41) is 10.4. The van der Waals surface area contributed by atoms with Crippen molar-refractivity contribution in [1.29, 1.82) is 0 Å². The van der Waals surface area contributed by atoms with Crippen molar-refractivity contribution in [3.63, 3.8) is 0 Å². The Bertz CT molecular complexity index is 592. The predicted molar refractivity (Wildman–Crippen MR) is 87.7 cm³/mol. The van der Waals surface area contributed by atoms with Crippen LogP contribution in [0.4, 0.5) is 0 Å². The van der Waals surface area contributed by atoms with Gasteiger partial charge < -0.3 is 5.11 Å². The molecule has 0 saturated heterocycles. The van der Waals surface area contributed by atoms with E-state index >= 15 is 0 Å². The van der Waals surface area contributed by atoms with Crippen molar-refractivity contribution < 1.29 is 14.7 Å². The highest BCUT2D eigenvalue weighted by Gasteiger charge is 2.61. The van der Waals surface area contributed by atoms with E-state index in [-0.39, 0.29) is 23.2 Å². The third-order valence-electron chi connectivity index (χ3n) is 8.00. The van der Waals surface area contributed by atoms with Crippen LogP contribution in [0.15, 0.2) is 11.6 Å². The molecule has 0 heterocycles. The summed E-state index contributed by atoms with van der Waals surface area (Å²) in [6.07, 6.45) is 8.08. The minimum atomic E-state index is -0.191. The predicted octanol–water partition coefficient (Wildman–Crippen LogP) is 3.31. The zero-order chi connectivity index (χ0) is 16.4. The van der Waals surface area contributed by atoms with Crippen LogP contribution in [-0.4, -0.2) is 23.3 Å². The average molecular weight is 316 g/mol. The molecule has 3 nitrogen and oxygen atoms in total. The first-order valence-electron chi connectivity index (χ1n) is 9.31. The molecule has 6 atom stereocenters. The number of carbonyl (C=O) groups is 2. The fraction of sp³-hybridized carbons (Fsp3) is 0.800. The summed E-state index contributed by atoms with van der Waals surface area (Å²) in [5.41, 5.74) is 0.900. The van der Waals surface area contributed by atoms with E-state index in [0.29, 0.717) is 35.9 Å². The maximum atomic E-state index is 12.5. The first-order valence-corrected chi connectivity index (χ1v) is 9.31. The Hall–Kier alpha value is -0.960. The summed E-state index contributed by atoms with van der Waals surface area (Å²) >= 11 is 0. The molecule has 4 aliphatic rings. The molecule has 3 fully saturated rings. The molecule has 0 aromatic carbocycles. The molecule has 4 rings (SSSR count). The topological polar surface area (TPSA) is 54.4 Å². The molecule has 0 bridgehead atoms. The molecule has 0 radical (unpaired) electrons. The van der Waals surface area contributed by atoms with Crippen LogP contribution in [0.3, 0.4) is 0 Å². The number of ketones is 2. The van der Waals surface area contributed by atoms with Crippen LogP contribution in [0.1, 0.15) is 58.8 Å². The first-order chi connectivity index (χ1) is 10.9. The van der Waals surface area contributed by atoms with Gasteiger partial charge in [-0.2, -0.15) is 0 Å². The standard InChI is InChI=1S/C20H28O3/c1-12-9-14-15-3-4-18(23)19(15,2)7-6-16(14)20(11-21)8-5-13(22)10-17(12)20/h10,12,14-16,21H,3-9,11H2,1-2H3/t12-,14?,15?,16?,19-,20-/m0/s1. The fourth-order valence-corrected chi connectivity index (χ4v) is 6.81. The smallest absolute Gasteiger partial charge is 0.155 e. The summed E-state index contributed by atoms with van der Waals surface area (Å²) in [7, 11) is 0. The Labute approximate surface area is 138 Å². The molecule has 3 unspecified atom stereocenters. The van der Waals surface area contributed by atoms with E-state index in [0.717, 1.165) is 38.5 Å². The van der Waals surface area contributed by atoms with Gasteiger partial charge in [-0.1, -0.05) is 19.4 Å². The number of aliphatic hydroxyl groups excluding tert-OH is 1. The van der Waals surface area contributed by atoms with Crippen LogP contribution < -0.4 is 0 Å². The maximum Gasteiger partial charge on any atom is 0.155 e. The number of carbonyl (C=O) groups excluding carboxylic acids is 2. The van der Waals surface area contributed by atoms with Crippen LogP contribution in [0, 0.1) is 34.5 Å². The number of Topliss-reactive ketones (excluding diaryl/α,β-unsaturated/α-hetero) is 1. The van der Waals surface area contributed by atoms with Crippen molar-refractivity contribution in [1.82, 2.24) is 0 Å². The minimum Gasteiger partial charge on any atom is -0.395 e. The summed E-state index contributed by atoms with van der Waals surface area (Å²) in [6, 6.07) is 0. The summed E-state index contributed by atoms with van der Waals surface area (Å²) in [6.45, 7) is 4.57. The van der Waals surface area contributed by atoms with Crippen molar-refractivity contribution >= 4 is 11.6 Å². The Balaban J connectivity index is 1.77. The Kier molecular flexibility index (Phi) is 3.39. The number of aliphatic hydroxyl groups is 1. The molecule has 0 amide bonds. The average Bonchev–Trinajstić information content (AvgIpc) is 2.84. The second-order valence-electron chi connectivity index (χ2n) is 8.81. The first kappa shape index (κ1) is 15.6. The molecule has 3 saturated carbocycles.